The molecule has 0 spiro atoms. The number of furan rings is 1. The van der Waals surface area contributed by atoms with E-state index in [9.17, 15) is 9.59 Å². The molecule has 0 aliphatic rings. The summed E-state index contributed by atoms with van der Waals surface area (Å²) >= 11 is 1.34. The molecule has 0 fully saturated rings. The third-order valence-corrected chi connectivity index (χ3v) is 5.90. The van der Waals surface area contributed by atoms with Gasteiger partial charge in [0.15, 0.2) is 22.5 Å². The first-order chi connectivity index (χ1) is 14.7. The minimum atomic E-state index is -0.439. The summed E-state index contributed by atoms with van der Waals surface area (Å²) in [5, 5.41) is 8.82. The van der Waals surface area contributed by atoms with Crippen LogP contribution in [0.5, 0.6) is 0 Å². The van der Waals surface area contributed by atoms with Gasteiger partial charge in [-0.15, -0.1) is 10.2 Å². The van der Waals surface area contributed by atoms with Gasteiger partial charge in [0.1, 0.15) is 0 Å². The van der Waals surface area contributed by atoms with Crippen molar-refractivity contribution >= 4 is 23.5 Å². The molecule has 9 heteroatoms. The largest absolute Gasteiger partial charge is 0.462 e. The first-order valence-electron chi connectivity index (χ1n) is 10.3. The minimum Gasteiger partial charge on any atom is -0.462 e. The van der Waals surface area contributed by atoms with Gasteiger partial charge < -0.3 is 14.1 Å². The molecule has 166 valence electrons. The number of carbonyl (C=O) groups is 2. The SMILES string of the molecule is CCOC(=O)c1c(C)[nH]c(C(=O)C(C)Sc2nnc(-c3ccco3)n2CC(C)C)c1C. The maximum Gasteiger partial charge on any atom is 0.340 e. The molecule has 1 unspecified atom stereocenters. The number of H-pyrrole nitrogens is 1. The fourth-order valence-electron chi connectivity index (χ4n) is 3.41. The molecule has 0 radical (unpaired) electrons. The Kier molecular flexibility index (Phi) is 7.04. The number of aryl methyl sites for hydroxylation is 1. The van der Waals surface area contributed by atoms with Crippen molar-refractivity contribution in [3.63, 3.8) is 0 Å². The lowest BCUT2D eigenvalue weighted by Gasteiger charge is -2.14. The van der Waals surface area contributed by atoms with E-state index in [2.05, 4.69) is 29.0 Å². The van der Waals surface area contributed by atoms with Crippen molar-refractivity contribution in [2.24, 2.45) is 5.92 Å². The summed E-state index contributed by atoms with van der Waals surface area (Å²) in [7, 11) is 0. The zero-order valence-electron chi connectivity index (χ0n) is 18.7. The van der Waals surface area contributed by atoms with Crippen LogP contribution in [-0.2, 0) is 11.3 Å². The number of thioether (sulfide) groups is 1. The summed E-state index contributed by atoms with van der Waals surface area (Å²) in [5.41, 5.74) is 2.07. The van der Waals surface area contributed by atoms with Crippen molar-refractivity contribution in [3.8, 4) is 11.6 Å². The quantitative estimate of drug-likeness (QED) is 0.290. The Balaban J connectivity index is 1.87. The van der Waals surface area contributed by atoms with E-state index >= 15 is 0 Å². The summed E-state index contributed by atoms with van der Waals surface area (Å²) in [6.45, 7) is 12.3. The number of rotatable bonds is 9. The molecule has 3 aromatic rings. The topological polar surface area (TPSA) is 103 Å². The Hall–Kier alpha value is -2.81. The van der Waals surface area contributed by atoms with Crippen molar-refractivity contribution in [1.29, 1.82) is 0 Å². The normalized spacial score (nSPS) is 12.4. The Labute approximate surface area is 185 Å². The van der Waals surface area contributed by atoms with Crippen LogP contribution in [0.1, 0.15) is 59.8 Å². The molecular formula is C22H28N4O4S. The second kappa shape index (κ2) is 9.55. The van der Waals surface area contributed by atoms with Crippen LogP contribution in [0.4, 0.5) is 0 Å². The van der Waals surface area contributed by atoms with Crippen molar-refractivity contribution < 1.29 is 18.7 Å². The fourth-order valence-corrected chi connectivity index (χ4v) is 4.33. The third-order valence-electron chi connectivity index (χ3n) is 4.82. The number of hydrogen-bond acceptors (Lipinski definition) is 7. The van der Waals surface area contributed by atoms with E-state index in [0.717, 1.165) is 0 Å². The smallest absolute Gasteiger partial charge is 0.340 e. The lowest BCUT2D eigenvalue weighted by Crippen LogP contribution is -2.17. The van der Waals surface area contributed by atoms with Gasteiger partial charge in [-0.25, -0.2) is 4.79 Å². The molecule has 0 aliphatic carbocycles. The van der Waals surface area contributed by atoms with Gasteiger partial charge >= 0.3 is 5.97 Å². The van der Waals surface area contributed by atoms with E-state index < -0.39 is 11.2 Å². The number of esters is 1. The number of ether oxygens (including phenoxy) is 1. The van der Waals surface area contributed by atoms with E-state index in [0.29, 0.717) is 51.7 Å². The predicted octanol–water partition coefficient (Wildman–Crippen LogP) is 4.68. The number of aromatic nitrogens is 4. The predicted molar refractivity (Wildman–Crippen MR) is 118 cm³/mol. The van der Waals surface area contributed by atoms with Crippen LogP contribution < -0.4 is 0 Å². The van der Waals surface area contributed by atoms with Crippen LogP contribution in [0.15, 0.2) is 28.0 Å². The van der Waals surface area contributed by atoms with Gasteiger partial charge in [-0.2, -0.15) is 0 Å². The molecule has 0 saturated carbocycles. The monoisotopic (exact) mass is 444 g/mol. The Morgan fingerprint density at radius 1 is 1.26 bits per heavy atom. The molecule has 3 heterocycles. The molecule has 1 atom stereocenters. The highest BCUT2D eigenvalue weighted by Crippen LogP contribution is 2.30. The number of aromatic amines is 1. The highest BCUT2D eigenvalue weighted by molar-refractivity contribution is 8.00. The van der Waals surface area contributed by atoms with Gasteiger partial charge in [0, 0.05) is 12.2 Å². The molecule has 0 bridgehead atoms. The van der Waals surface area contributed by atoms with Crippen molar-refractivity contribution in [2.75, 3.05) is 6.61 Å². The molecule has 31 heavy (non-hydrogen) atoms. The standard InChI is InChI=1S/C22H28N4O4S/c1-7-29-21(28)17-13(4)18(23-14(17)5)19(27)15(6)31-22-25-24-20(16-9-8-10-30-16)26(22)11-12(2)3/h8-10,12,15,23H,7,11H2,1-6H3. The fraction of sp³-hybridized carbons (Fsp3) is 0.455. The summed E-state index contributed by atoms with van der Waals surface area (Å²) in [6, 6.07) is 3.64. The molecule has 3 rings (SSSR count). The van der Waals surface area contributed by atoms with Gasteiger partial charge in [-0.05, 0) is 51.3 Å². The molecule has 0 aliphatic heterocycles. The third kappa shape index (κ3) is 4.76. The van der Waals surface area contributed by atoms with Crippen molar-refractivity contribution in [3.05, 3.63) is 40.9 Å². The van der Waals surface area contributed by atoms with E-state index in [-0.39, 0.29) is 12.4 Å². The van der Waals surface area contributed by atoms with Crippen LogP contribution in [-0.4, -0.2) is 43.4 Å². The van der Waals surface area contributed by atoms with E-state index in [1.165, 1.54) is 11.8 Å². The lowest BCUT2D eigenvalue weighted by atomic mass is 10.1. The van der Waals surface area contributed by atoms with E-state index in [1.54, 1.807) is 33.1 Å². The van der Waals surface area contributed by atoms with Gasteiger partial charge in [0.25, 0.3) is 0 Å². The molecule has 1 N–H and O–H groups in total. The van der Waals surface area contributed by atoms with E-state index in [1.807, 2.05) is 17.6 Å². The minimum absolute atomic E-state index is 0.111. The van der Waals surface area contributed by atoms with Crippen molar-refractivity contribution in [1.82, 2.24) is 19.7 Å². The highest BCUT2D eigenvalue weighted by atomic mass is 32.2. The van der Waals surface area contributed by atoms with E-state index in [4.69, 9.17) is 9.15 Å². The average molecular weight is 445 g/mol. The van der Waals surface area contributed by atoms with Crippen LogP contribution in [0, 0.1) is 19.8 Å². The zero-order chi connectivity index (χ0) is 22.7. The number of carbonyl (C=O) groups excluding carboxylic acids is 2. The zero-order valence-corrected chi connectivity index (χ0v) is 19.5. The Bertz CT molecular complexity index is 1070. The van der Waals surface area contributed by atoms with Crippen LogP contribution >= 0.6 is 11.8 Å². The van der Waals surface area contributed by atoms with Crippen molar-refractivity contribution in [2.45, 2.75) is 58.5 Å². The molecule has 0 amide bonds. The molecule has 3 aromatic heterocycles. The summed E-state index contributed by atoms with van der Waals surface area (Å²) < 4.78 is 12.6. The first kappa shape index (κ1) is 22.9. The second-order valence-electron chi connectivity index (χ2n) is 7.76. The maximum absolute atomic E-state index is 13.2. The summed E-state index contributed by atoms with van der Waals surface area (Å²) in [6.07, 6.45) is 1.60. The van der Waals surface area contributed by atoms with Crippen LogP contribution in [0.2, 0.25) is 0 Å². The number of nitrogens with zero attached hydrogens (tertiary/aromatic N) is 3. The van der Waals surface area contributed by atoms with Gasteiger partial charge in [0.05, 0.1) is 29.4 Å². The molecule has 0 aromatic carbocycles. The first-order valence-corrected chi connectivity index (χ1v) is 11.2. The maximum atomic E-state index is 13.2. The summed E-state index contributed by atoms with van der Waals surface area (Å²) in [4.78, 5) is 28.5. The second-order valence-corrected chi connectivity index (χ2v) is 9.07. The van der Waals surface area contributed by atoms with Gasteiger partial charge in [0.2, 0.25) is 0 Å². The van der Waals surface area contributed by atoms with Gasteiger partial charge in [-0.3, -0.25) is 9.36 Å². The van der Waals surface area contributed by atoms with Crippen LogP contribution in [0.25, 0.3) is 11.6 Å². The highest BCUT2D eigenvalue weighted by Gasteiger charge is 2.28. The average Bonchev–Trinajstić information content (AvgIpc) is 3.41. The number of ketones is 1. The summed E-state index contributed by atoms with van der Waals surface area (Å²) in [5.74, 6) is 1.09. The lowest BCUT2D eigenvalue weighted by molar-refractivity contribution is 0.0525. The Morgan fingerprint density at radius 3 is 2.61 bits per heavy atom. The number of hydrogen-bond donors (Lipinski definition) is 1. The number of nitrogens with one attached hydrogen (secondary N) is 1. The molecular weight excluding hydrogens is 416 g/mol. The molecule has 0 saturated heterocycles. The Morgan fingerprint density at radius 2 is 2.00 bits per heavy atom. The van der Waals surface area contributed by atoms with Gasteiger partial charge in [-0.1, -0.05) is 25.6 Å². The van der Waals surface area contributed by atoms with Crippen LogP contribution in [0.3, 0.4) is 0 Å². The number of Topliss-reactive ketones (excluding diaryl/α,β-unsaturated/α-hetero) is 1. The molecule has 8 nitrogen and oxygen atoms in total.